The molecule has 0 aliphatic carbocycles. The van der Waals surface area contributed by atoms with E-state index in [0.717, 1.165) is 24.7 Å². The third-order valence-corrected chi connectivity index (χ3v) is 4.09. The molecule has 7 heteroatoms. The fourth-order valence-corrected chi connectivity index (χ4v) is 2.78. The molecular weight excluding hydrogens is 328 g/mol. The second-order valence-electron chi connectivity index (χ2n) is 5.57. The van der Waals surface area contributed by atoms with E-state index in [0.29, 0.717) is 34.6 Å². The summed E-state index contributed by atoms with van der Waals surface area (Å²) in [5.74, 6) is 0.922. The Morgan fingerprint density at radius 3 is 2.75 bits per heavy atom. The summed E-state index contributed by atoms with van der Waals surface area (Å²) in [6, 6.07) is 5.84. The molecule has 1 heterocycles. The van der Waals surface area contributed by atoms with Crippen LogP contribution in [0.5, 0.6) is 11.5 Å². The molecule has 1 aromatic rings. The summed E-state index contributed by atoms with van der Waals surface area (Å²) in [7, 11) is 1.57. The molecule has 0 radical (unpaired) electrons. The third kappa shape index (κ3) is 5.28. The van der Waals surface area contributed by atoms with E-state index in [9.17, 15) is 9.59 Å². The minimum Gasteiger partial charge on any atom is -0.497 e. The summed E-state index contributed by atoms with van der Waals surface area (Å²) in [5, 5.41) is 5.21. The van der Waals surface area contributed by atoms with Crippen LogP contribution in [0.15, 0.2) is 23.1 Å². The standard InChI is InChI=1S/C17H22N2O4S/c1-11(2)18-7-4-8-23-14-6-5-13(22-3)9-12(14)10-15-16(20)19-17(21)24-15/h5-6,9-11,18H,4,7-8H2,1-3H3,(H,19,20,21)/b15-10+. The topological polar surface area (TPSA) is 76.7 Å². The molecule has 130 valence electrons. The van der Waals surface area contributed by atoms with E-state index < -0.39 is 0 Å². The maximum absolute atomic E-state index is 11.7. The molecule has 1 fully saturated rings. The number of thioether (sulfide) groups is 1. The molecule has 0 atom stereocenters. The van der Waals surface area contributed by atoms with Gasteiger partial charge in [0, 0.05) is 11.6 Å². The van der Waals surface area contributed by atoms with Crippen molar-refractivity contribution in [1.29, 1.82) is 0 Å². The highest BCUT2D eigenvalue weighted by molar-refractivity contribution is 8.18. The van der Waals surface area contributed by atoms with Gasteiger partial charge in [-0.05, 0) is 49.0 Å². The minimum atomic E-state index is -0.389. The zero-order valence-electron chi connectivity index (χ0n) is 14.0. The smallest absolute Gasteiger partial charge is 0.290 e. The van der Waals surface area contributed by atoms with Gasteiger partial charge in [0.2, 0.25) is 0 Å². The van der Waals surface area contributed by atoms with Gasteiger partial charge in [0.05, 0.1) is 18.6 Å². The van der Waals surface area contributed by atoms with E-state index in [4.69, 9.17) is 9.47 Å². The number of nitrogens with one attached hydrogen (secondary N) is 2. The van der Waals surface area contributed by atoms with Gasteiger partial charge >= 0.3 is 0 Å². The van der Waals surface area contributed by atoms with Gasteiger partial charge in [0.25, 0.3) is 11.1 Å². The normalized spacial score (nSPS) is 15.9. The zero-order valence-corrected chi connectivity index (χ0v) is 14.9. The highest BCUT2D eigenvalue weighted by Gasteiger charge is 2.25. The van der Waals surface area contributed by atoms with Crippen LogP contribution in [0, 0.1) is 0 Å². The van der Waals surface area contributed by atoms with E-state index in [1.807, 2.05) is 0 Å². The second-order valence-corrected chi connectivity index (χ2v) is 6.58. The third-order valence-electron chi connectivity index (χ3n) is 3.28. The number of amides is 2. The van der Waals surface area contributed by atoms with Crippen LogP contribution in [-0.4, -0.2) is 37.4 Å². The fraction of sp³-hybridized carbons (Fsp3) is 0.412. The Hall–Kier alpha value is -1.99. The Labute approximate surface area is 146 Å². The summed E-state index contributed by atoms with van der Waals surface area (Å²) < 4.78 is 11.0. The average Bonchev–Trinajstić information content (AvgIpc) is 2.85. The van der Waals surface area contributed by atoms with Crippen molar-refractivity contribution in [3.05, 3.63) is 28.7 Å². The molecule has 1 saturated heterocycles. The highest BCUT2D eigenvalue weighted by Crippen LogP contribution is 2.31. The molecular formula is C17H22N2O4S. The molecule has 1 aliphatic heterocycles. The zero-order chi connectivity index (χ0) is 17.5. The molecule has 1 aromatic carbocycles. The Bertz CT molecular complexity index is 643. The van der Waals surface area contributed by atoms with Crippen molar-refractivity contribution in [2.24, 2.45) is 0 Å². The summed E-state index contributed by atoms with van der Waals surface area (Å²) in [5.41, 5.74) is 0.707. The van der Waals surface area contributed by atoms with Gasteiger partial charge < -0.3 is 14.8 Å². The number of hydrogen-bond acceptors (Lipinski definition) is 6. The Balaban J connectivity index is 2.09. The fourth-order valence-electron chi connectivity index (χ4n) is 2.11. The van der Waals surface area contributed by atoms with Gasteiger partial charge in [-0.15, -0.1) is 0 Å². The molecule has 1 aliphatic rings. The maximum Gasteiger partial charge on any atom is 0.290 e. The lowest BCUT2D eigenvalue weighted by molar-refractivity contribution is -0.115. The van der Waals surface area contributed by atoms with Gasteiger partial charge in [-0.25, -0.2) is 0 Å². The first kappa shape index (κ1) is 18.4. The second kappa shape index (κ2) is 8.75. The molecule has 0 bridgehead atoms. The lowest BCUT2D eigenvalue weighted by atomic mass is 10.1. The summed E-state index contributed by atoms with van der Waals surface area (Å²) in [4.78, 5) is 23.4. The number of methoxy groups -OCH3 is 1. The largest absolute Gasteiger partial charge is 0.497 e. The van der Waals surface area contributed by atoms with E-state index in [1.165, 1.54) is 0 Å². The number of rotatable bonds is 8. The monoisotopic (exact) mass is 350 g/mol. The molecule has 6 nitrogen and oxygen atoms in total. The van der Waals surface area contributed by atoms with Crippen molar-refractivity contribution in [3.8, 4) is 11.5 Å². The van der Waals surface area contributed by atoms with Crippen LogP contribution in [0.4, 0.5) is 4.79 Å². The van der Waals surface area contributed by atoms with Crippen LogP contribution in [0.25, 0.3) is 6.08 Å². The van der Waals surface area contributed by atoms with Gasteiger partial charge in [0.15, 0.2) is 0 Å². The predicted molar refractivity (Wildman–Crippen MR) is 95.4 cm³/mol. The van der Waals surface area contributed by atoms with Gasteiger partial charge in [0.1, 0.15) is 11.5 Å². The number of imide groups is 1. The van der Waals surface area contributed by atoms with Crippen molar-refractivity contribution in [1.82, 2.24) is 10.6 Å². The van der Waals surface area contributed by atoms with E-state index in [2.05, 4.69) is 24.5 Å². The van der Waals surface area contributed by atoms with Gasteiger partial charge in [-0.3, -0.25) is 14.9 Å². The number of carbonyl (C=O) groups excluding carboxylic acids is 2. The van der Waals surface area contributed by atoms with Crippen molar-refractivity contribution in [3.63, 3.8) is 0 Å². The number of ether oxygens (including phenoxy) is 2. The van der Waals surface area contributed by atoms with Crippen LogP contribution in [0.3, 0.4) is 0 Å². The van der Waals surface area contributed by atoms with Gasteiger partial charge in [-0.1, -0.05) is 13.8 Å². The lowest BCUT2D eigenvalue weighted by Crippen LogP contribution is -2.24. The van der Waals surface area contributed by atoms with Crippen molar-refractivity contribution in [2.75, 3.05) is 20.3 Å². The first-order valence-corrected chi connectivity index (χ1v) is 8.60. The summed E-state index contributed by atoms with van der Waals surface area (Å²) in [6.45, 7) is 5.62. The van der Waals surface area contributed by atoms with Crippen LogP contribution in [-0.2, 0) is 4.79 Å². The SMILES string of the molecule is COc1ccc(OCCCNC(C)C)c(/C=C2/SC(=O)NC2=O)c1. The average molecular weight is 350 g/mol. The van der Waals surface area contributed by atoms with Crippen molar-refractivity contribution < 1.29 is 19.1 Å². The molecule has 0 unspecified atom stereocenters. The molecule has 2 amide bonds. The van der Waals surface area contributed by atoms with E-state index in [1.54, 1.807) is 31.4 Å². The molecule has 0 aromatic heterocycles. The predicted octanol–water partition coefficient (Wildman–Crippen LogP) is 2.79. The van der Waals surface area contributed by atoms with Crippen LogP contribution in [0.1, 0.15) is 25.8 Å². The van der Waals surface area contributed by atoms with Crippen molar-refractivity contribution >= 4 is 29.0 Å². The molecule has 0 spiro atoms. The Morgan fingerprint density at radius 2 is 2.12 bits per heavy atom. The highest BCUT2D eigenvalue weighted by atomic mass is 32.2. The Morgan fingerprint density at radius 1 is 1.33 bits per heavy atom. The molecule has 2 rings (SSSR count). The maximum atomic E-state index is 11.7. The number of carbonyl (C=O) groups is 2. The summed E-state index contributed by atoms with van der Waals surface area (Å²) >= 11 is 0.881. The van der Waals surface area contributed by atoms with E-state index >= 15 is 0 Å². The lowest BCUT2D eigenvalue weighted by Gasteiger charge is -2.12. The number of benzene rings is 1. The molecule has 2 N–H and O–H groups in total. The Kier molecular flexibility index (Phi) is 6.69. The quantitative estimate of drug-likeness (QED) is 0.555. The van der Waals surface area contributed by atoms with Crippen molar-refractivity contribution in [2.45, 2.75) is 26.3 Å². The summed E-state index contributed by atoms with van der Waals surface area (Å²) in [6.07, 6.45) is 2.52. The van der Waals surface area contributed by atoms with E-state index in [-0.39, 0.29) is 11.1 Å². The van der Waals surface area contributed by atoms with Crippen LogP contribution < -0.4 is 20.1 Å². The first-order valence-electron chi connectivity index (χ1n) is 7.78. The first-order chi connectivity index (χ1) is 11.5. The van der Waals surface area contributed by atoms with Gasteiger partial charge in [-0.2, -0.15) is 0 Å². The molecule has 0 saturated carbocycles. The minimum absolute atomic E-state index is 0.347. The number of hydrogen-bond donors (Lipinski definition) is 2. The van der Waals surface area contributed by atoms with Crippen LogP contribution >= 0.6 is 11.8 Å². The molecule has 24 heavy (non-hydrogen) atoms. The van der Waals surface area contributed by atoms with Crippen LogP contribution in [0.2, 0.25) is 0 Å².